The molecule has 0 atom stereocenters. The van der Waals surface area contributed by atoms with E-state index < -0.39 is 0 Å². The van der Waals surface area contributed by atoms with E-state index in [1.807, 2.05) is 25.1 Å². The van der Waals surface area contributed by atoms with Gasteiger partial charge in [-0.15, -0.1) is 0 Å². The molecule has 1 aliphatic heterocycles. The van der Waals surface area contributed by atoms with Crippen LogP contribution in [0.1, 0.15) is 28.8 Å². The van der Waals surface area contributed by atoms with E-state index in [1.54, 1.807) is 0 Å². The monoisotopic (exact) mass is 311 g/mol. The van der Waals surface area contributed by atoms with Crippen LogP contribution < -0.4 is 5.32 Å². The molecule has 0 spiro atoms. The third-order valence-corrected chi connectivity index (χ3v) is 4.18. The normalized spacial score (nSPS) is 16.6. The summed E-state index contributed by atoms with van der Waals surface area (Å²) < 4.78 is 6.27. The van der Waals surface area contributed by atoms with Crippen LogP contribution in [0.15, 0.2) is 22.7 Å². The Morgan fingerprint density at radius 2 is 2.17 bits per heavy atom. The maximum Gasteiger partial charge on any atom is 0.251 e. The standard InChI is InChI=1S/C14H18BrNO2/c1-10-2-3-12(8-13(10)15)14(17)16-9-11-4-6-18-7-5-11/h2-3,8,11H,4-7,9H2,1H3,(H,16,17). The molecule has 0 aromatic heterocycles. The van der Waals surface area contributed by atoms with E-state index in [0.29, 0.717) is 11.5 Å². The van der Waals surface area contributed by atoms with Crippen LogP contribution in [0.4, 0.5) is 0 Å². The van der Waals surface area contributed by atoms with E-state index >= 15 is 0 Å². The third kappa shape index (κ3) is 3.56. The molecule has 4 heteroatoms. The predicted molar refractivity (Wildman–Crippen MR) is 74.8 cm³/mol. The van der Waals surface area contributed by atoms with Crippen LogP contribution in [0, 0.1) is 12.8 Å². The molecule has 2 rings (SSSR count). The van der Waals surface area contributed by atoms with Gasteiger partial charge in [-0.2, -0.15) is 0 Å². The Bertz CT molecular complexity index is 428. The second kappa shape index (κ2) is 6.34. The topological polar surface area (TPSA) is 38.3 Å². The van der Waals surface area contributed by atoms with Crippen LogP contribution in [0.25, 0.3) is 0 Å². The summed E-state index contributed by atoms with van der Waals surface area (Å²) in [5.74, 6) is 0.554. The Morgan fingerprint density at radius 3 is 2.83 bits per heavy atom. The zero-order chi connectivity index (χ0) is 13.0. The van der Waals surface area contributed by atoms with Gasteiger partial charge in [-0.3, -0.25) is 4.79 Å². The van der Waals surface area contributed by atoms with Gasteiger partial charge in [0.2, 0.25) is 0 Å². The molecule has 18 heavy (non-hydrogen) atoms. The van der Waals surface area contributed by atoms with Crippen molar-refractivity contribution in [3.05, 3.63) is 33.8 Å². The molecule has 0 aliphatic carbocycles. The second-order valence-electron chi connectivity index (χ2n) is 4.73. The van der Waals surface area contributed by atoms with Crippen LogP contribution in [0.2, 0.25) is 0 Å². The van der Waals surface area contributed by atoms with Crippen LogP contribution in [-0.4, -0.2) is 25.7 Å². The summed E-state index contributed by atoms with van der Waals surface area (Å²) in [6.07, 6.45) is 2.08. The molecule has 1 saturated heterocycles. The number of carbonyl (C=O) groups excluding carboxylic acids is 1. The highest BCUT2D eigenvalue weighted by Crippen LogP contribution is 2.18. The minimum absolute atomic E-state index is 0.00203. The van der Waals surface area contributed by atoms with E-state index in [2.05, 4.69) is 21.2 Å². The van der Waals surface area contributed by atoms with Gasteiger partial charge in [0, 0.05) is 29.8 Å². The molecule has 1 amide bonds. The smallest absolute Gasteiger partial charge is 0.251 e. The second-order valence-corrected chi connectivity index (χ2v) is 5.58. The van der Waals surface area contributed by atoms with Crippen molar-refractivity contribution < 1.29 is 9.53 Å². The van der Waals surface area contributed by atoms with Crippen LogP contribution >= 0.6 is 15.9 Å². The molecule has 98 valence electrons. The van der Waals surface area contributed by atoms with E-state index in [1.165, 1.54) is 0 Å². The van der Waals surface area contributed by atoms with Crippen molar-refractivity contribution in [1.29, 1.82) is 0 Å². The number of nitrogens with one attached hydrogen (secondary N) is 1. The molecule has 1 heterocycles. The van der Waals surface area contributed by atoms with Gasteiger partial charge in [-0.1, -0.05) is 22.0 Å². The summed E-state index contributed by atoms with van der Waals surface area (Å²) in [4.78, 5) is 12.0. The maximum absolute atomic E-state index is 12.0. The molecular formula is C14H18BrNO2. The number of rotatable bonds is 3. The molecule has 1 aliphatic rings. The van der Waals surface area contributed by atoms with Crippen molar-refractivity contribution in [3.8, 4) is 0 Å². The van der Waals surface area contributed by atoms with Gasteiger partial charge in [0.05, 0.1) is 0 Å². The molecule has 1 fully saturated rings. The minimum atomic E-state index is 0.00203. The van der Waals surface area contributed by atoms with E-state index in [9.17, 15) is 4.79 Å². The molecule has 0 radical (unpaired) electrons. The number of ether oxygens (including phenoxy) is 1. The van der Waals surface area contributed by atoms with Crippen LogP contribution in [0.5, 0.6) is 0 Å². The lowest BCUT2D eigenvalue weighted by Crippen LogP contribution is -2.32. The number of hydrogen-bond acceptors (Lipinski definition) is 2. The lowest BCUT2D eigenvalue weighted by molar-refractivity contribution is 0.0642. The van der Waals surface area contributed by atoms with E-state index in [0.717, 1.165) is 42.6 Å². The minimum Gasteiger partial charge on any atom is -0.381 e. The lowest BCUT2D eigenvalue weighted by Gasteiger charge is -2.22. The van der Waals surface area contributed by atoms with Crippen LogP contribution in [0.3, 0.4) is 0 Å². The number of halogens is 1. The largest absolute Gasteiger partial charge is 0.381 e. The van der Waals surface area contributed by atoms with Gasteiger partial charge in [0.1, 0.15) is 0 Å². The first-order valence-corrected chi connectivity index (χ1v) is 7.08. The fraction of sp³-hybridized carbons (Fsp3) is 0.500. The molecule has 1 N–H and O–H groups in total. The Hall–Kier alpha value is -0.870. The number of carbonyl (C=O) groups is 1. The first kappa shape index (κ1) is 13.6. The van der Waals surface area contributed by atoms with Gasteiger partial charge in [-0.05, 0) is 43.4 Å². The molecule has 0 unspecified atom stereocenters. The lowest BCUT2D eigenvalue weighted by atomic mass is 10.0. The summed E-state index contributed by atoms with van der Waals surface area (Å²) in [6.45, 7) is 4.38. The van der Waals surface area contributed by atoms with Gasteiger partial charge in [0.25, 0.3) is 5.91 Å². The Balaban J connectivity index is 1.88. The third-order valence-electron chi connectivity index (χ3n) is 3.33. The molecule has 0 saturated carbocycles. The number of aryl methyl sites for hydroxylation is 1. The van der Waals surface area contributed by atoms with Gasteiger partial charge in [0.15, 0.2) is 0 Å². The molecule has 1 aromatic carbocycles. The first-order valence-electron chi connectivity index (χ1n) is 6.29. The van der Waals surface area contributed by atoms with Crippen molar-refractivity contribution in [1.82, 2.24) is 5.32 Å². The van der Waals surface area contributed by atoms with Crippen molar-refractivity contribution in [3.63, 3.8) is 0 Å². The number of amides is 1. The highest BCUT2D eigenvalue weighted by Gasteiger charge is 2.15. The van der Waals surface area contributed by atoms with Crippen molar-refractivity contribution in [2.24, 2.45) is 5.92 Å². The van der Waals surface area contributed by atoms with E-state index in [4.69, 9.17) is 4.74 Å². The molecule has 0 bridgehead atoms. The van der Waals surface area contributed by atoms with E-state index in [-0.39, 0.29) is 5.91 Å². The van der Waals surface area contributed by atoms with Crippen LogP contribution in [-0.2, 0) is 4.74 Å². The molecular weight excluding hydrogens is 294 g/mol. The highest BCUT2D eigenvalue weighted by atomic mass is 79.9. The van der Waals surface area contributed by atoms with Gasteiger partial charge >= 0.3 is 0 Å². The summed E-state index contributed by atoms with van der Waals surface area (Å²) >= 11 is 3.45. The fourth-order valence-electron chi connectivity index (χ4n) is 2.02. The number of hydrogen-bond donors (Lipinski definition) is 1. The average Bonchev–Trinajstić information content (AvgIpc) is 2.40. The summed E-state index contributed by atoms with van der Waals surface area (Å²) in [5.41, 5.74) is 1.84. The molecule has 1 aromatic rings. The Kier molecular flexibility index (Phi) is 4.78. The maximum atomic E-state index is 12.0. The van der Waals surface area contributed by atoms with Gasteiger partial charge < -0.3 is 10.1 Å². The van der Waals surface area contributed by atoms with Gasteiger partial charge in [-0.25, -0.2) is 0 Å². The summed E-state index contributed by atoms with van der Waals surface area (Å²) in [6, 6.07) is 5.68. The zero-order valence-corrected chi connectivity index (χ0v) is 12.1. The van der Waals surface area contributed by atoms with Crippen molar-refractivity contribution >= 4 is 21.8 Å². The Morgan fingerprint density at radius 1 is 1.44 bits per heavy atom. The summed E-state index contributed by atoms with van der Waals surface area (Å²) in [5, 5.41) is 3.00. The average molecular weight is 312 g/mol. The SMILES string of the molecule is Cc1ccc(C(=O)NCC2CCOCC2)cc1Br. The highest BCUT2D eigenvalue weighted by molar-refractivity contribution is 9.10. The molecule has 3 nitrogen and oxygen atoms in total. The Labute approximate surface area is 116 Å². The van der Waals surface area contributed by atoms with Crippen molar-refractivity contribution in [2.75, 3.05) is 19.8 Å². The fourth-order valence-corrected chi connectivity index (χ4v) is 2.40. The summed E-state index contributed by atoms with van der Waals surface area (Å²) in [7, 11) is 0. The quantitative estimate of drug-likeness (QED) is 0.932. The number of benzene rings is 1. The zero-order valence-electron chi connectivity index (χ0n) is 10.5. The predicted octanol–water partition coefficient (Wildman–Crippen LogP) is 2.91. The van der Waals surface area contributed by atoms with Crippen molar-refractivity contribution in [2.45, 2.75) is 19.8 Å². The first-order chi connectivity index (χ1) is 8.66.